The molecule has 0 aromatic carbocycles. The predicted molar refractivity (Wildman–Crippen MR) is 79.5 cm³/mol. The Morgan fingerprint density at radius 3 is 2.70 bits per heavy atom. The fourth-order valence-electron chi connectivity index (χ4n) is 3.31. The van der Waals surface area contributed by atoms with Gasteiger partial charge in [0, 0.05) is 12.5 Å². The van der Waals surface area contributed by atoms with E-state index < -0.39 is 0 Å². The molecule has 110 valence electrons. The molecular formula is C16H25N3O. The Morgan fingerprint density at radius 1 is 1.25 bits per heavy atom. The Bertz CT molecular complexity index is 419. The minimum atomic E-state index is 0.271. The molecule has 0 saturated heterocycles. The second-order valence-electron chi connectivity index (χ2n) is 6.35. The van der Waals surface area contributed by atoms with Gasteiger partial charge >= 0.3 is 0 Å². The number of carbonyl (C=O) groups is 1. The summed E-state index contributed by atoms with van der Waals surface area (Å²) in [7, 11) is 0. The number of hydrogen-bond acceptors (Lipinski definition) is 2. The number of amides is 1. The van der Waals surface area contributed by atoms with Crippen LogP contribution in [-0.2, 0) is 4.79 Å². The zero-order valence-electron chi connectivity index (χ0n) is 12.2. The lowest BCUT2D eigenvalue weighted by Gasteiger charge is -2.24. The van der Waals surface area contributed by atoms with E-state index in [2.05, 4.69) is 9.97 Å². The van der Waals surface area contributed by atoms with Gasteiger partial charge in [-0.05, 0) is 31.6 Å². The molecule has 2 saturated carbocycles. The van der Waals surface area contributed by atoms with Crippen molar-refractivity contribution in [1.29, 1.82) is 0 Å². The maximum absolute atomic E-state index is 12.4. The largest absolute Gasteiger partial charge is 0.331 e. The number of aromatic nitrogens is 2. The van der Waals surface area contributed by atoms with Crippen LogP contribution in [0, 0.1) is 11.8 Å². The second kappa shape index (κ2) is 6.42. The van der Waals surface area contributed by atoms with Crippen LogP contribution < -0.4 is 4.90 Å². The van der Waals surface area contributed by atoms with Crippen molar-refractivity contribution in [1.82, 2.24) is 9.97 Å². The van der Waals surface area contributed by atoms with Crippen molar-refractivity contribution in [2.45, 2.75) is 57.8 Å². The van der Waals surface area contributed by atoms with Gasteiger partial charge in [-0.25, -0.2) is 4.98 Å². The van der Waals surface area contributed by atoms with Crippen LogP contribution >= 0.6 is 0 Å². The van der Waals surface area contributed by atoms with Crippen molar-refractivity contribution in [3.05, 3.63) is 12.5 Å². The van der Waals surface area contributed by atoms with Gasteiger partial charge < -0.3 is 4.98 Å². The smallest absolute Gasteiger partial charge is 0.231 e. The van der Waals surface area contributed by atoms with Crippen LogP contribution in [0.4, 0.5) is 5.82 Å². The first-order chi connectivity index (χ1) is 9.84. The summed E-state index contributed by atoms with van der Waals surface area (Å²) in [6, 6.07) is 0. The van der Waals surface area contributed by atoms with Gasteiger partial charge in [0.2, 0.25) is 5.91 Å². The van der Waals surface area contributed by atoms with Crippen LogP contribution in [0.15, 0.2) is 12.5 Å². The molecule has 2 fully saturated rings. The average Bonchev–Trinajstić information content (AvgIpc) is 3.20. The highest BCUT2D eigenvalue weighted by molar-refractivity contribution is 5.95. The zero-order chi connectivity index (χ0) is 13.8. The molecule has 20 heavy (non-hydrogen) atoms. The van der Waals surface area contributed by atoms with Gasteiger partial charge in [0.1, 0.15) is 5.82 Å². The minimum absolute atomic E-state index is 0.271. The molecule has 1 N–H and O–H groups in total. The van der Waals surface area contributed by atoms with E-state index in [1.54, 1.807) is 12.5 Å². The molecule has 0 spiro atoms. The standard InChI is InChI=1S/C16H25N3O/c20-16(14-8-9-14)19(15-11-17-12-18-15)10-4-7-13-5-2-1-3-6-13/h11-14H,1-10H2,(H,17,18). The molecule has 1 aromatic rings. The third-order valence-corrected chi connectivity index (χ3v) is 4.69. The lowest BCUT2D eigenvalue weighted by molar-refractivity contribution is -0.119. The number of anilines is 1. The SMILES string of the molecule is O=C(C1CC1)N(CCCC1CCCCC1)c1cnc[nH]1. The Hall–Kier alpha value is -1.32. The first-order valence-corrected chi connectivity index (χ1v) is 8.14. The lowest BCUT2D eigenvalue weighted by Crippen LogP contribution is -2.33. The van der Waals surface area contributed by atoms with E-state index in [-0.39, 0.29) is 11.8 Å². The monoisotopic (exact) mass is 275 g/mol. The van der Waals surface area contributed by atoms with Gasteiger partial charge in [-0.3, -0.25) is 9.69 Å². The molecule has 0 radical (unpaired) electrons. The van der Waals surface area contributed by atoms with Gasteiger partial charge in [0.05, 0.1) is 12.5 Å². The average molecular weight is 275 g/mol. The number of aromatic amines is 1. The van der Waals surface area contributed by atoms with Crippen LogP contribution in [0.25, 0.3) is 0 Å². The Morgan fingerprint density at radius 2 is 2.05 bits per heavy atom. The lowest BCUT2D eigenvalue weighted by atomic mass is 9.86. The van der Waals surface area contributed by atoms with E-state index >= 15 is 0 Å². The summed E-state index contributed by atoms with van der Waals surface area (Å²) in [5.74, 6) is 2.32. The molecule has 4 nitrogen and oxygen atoms in total. The van der Waals surface area contributed by atoms with E-state index in [1.807, 2.05) is 4.90 Å². The van der Waals surface area contributed by atoms with E-state index in [9.17, 15) is 4.79 Å². The summed E-state index contributed by atoms with van der Waals surface area (Å²) in [4.78, 5) is 21.4. The van der Waals surface area contributed by atoms with Crippen LogP contribution in [0.5, 0.6) is 0 Å². The number of nitrogens with zero attached hydrogens (tertiary/aromatic N) is 2. The third kappa shape index (κ3) is 3.41. The highest BCUT2D eigenvalue weighted by Gasteiger charge is 2.34. The summed E-state index contributed by atoms with van der Waals surface area (Å²) in [5, 5.41) is 0. The number of hydrogen-bond donors (Lipinski definition) is 1. The number of imidazole rings is 1. The van der Waals surface area contributed by atoms with Crippen LogP contribution in [0.3, 0.4) is 0 Å². The first kappa shape index (κ1) is 13.7. The van der Waals surface area contributed by atoms with Crippen LogP contribution in [-0.4, -0.2) is 22.4 Å². The van der Waals surface area contributed by atoms with Gasteiger partial charge in [0.15, 0.2) is 0 Å². The second-order valence-corrected chi connectivity index (χ2v) is 6.35. The topological polar surface area (TPSA) is 49.0 Å². The van der Waals surface area contributed by atoms with Gasteiger partial charge in [-0.2, -0.15) is 0 Å². The molecule has 2 aliphatic rings. The van der Waals surface area contributed by atoms with Gasteiger partial charge in [0.25, 0.3) is 0 Å². The minimum Gasteiger partial charge on any atom is -0.331 e. The molecule has 0 bridgehead atoms. The van der Waals surface area contributed by atoms with Gasteiger partial charge in [-0.1, -0.05) is 32.1 Å². The molecule has 1 heterocycles. The molecule has 4 heteroatoms. The van der Waals surface area contributed by atoms with Crippen molar-refractivity contribution < 1.29 is 4.79 Å². The maximum Gasteiger partial charge on any atom is 0.231 e. The van der Waals surface area contributed by atoms with Crippen LogP contribution in [0.2, 0.25) is 0 Å². The van der Waals surface area contributed by atoms with E-state index in [1.165, 1.54) is 38.5 Å². The number of H-pyrrole nitrogens is 1. The molecular weight excluding hydrogens is 250 g/mol. The Kier molecular flexibility index (Phi) is 4.38. The van der Waals surface area contributed by atoms with Crippen molar-refractivity contribution in [2.75, 3.05) is 11.4 Å². The summed E-state index contributed by atoms with van der Waals surface area (Å²) >= 11 is 0. The molecule has 0 aliphatic heterocycles. The van der Waals surface area contributed by atoms with Crippen LogP contribution in [0.1, 0.15) is 57.8 Å². The number of carbonyl (C=O) groups excluding carboxylic acids is 1. The van der Waals surface area contributed by atoms with E-state index in [4.69, 9.17) is 0 Å². The van der Waals surface area contributed by atoms with Crippen molar-refractivity contribution in [3.63, 3.8) is 0 Å². The highest BCUT2D eigenvalue weighted by Crippen LogP contribution is 2.33. The molecule has 0 atom stereocenters. The molecule has 1 aromatic heterocycles. The van der Waals surface area contributed by atoms with Crippen molar-refractivity contribution in [2.24, 2.45) is 11.8 Å². The summed E-state index contributed by atoms with van der Waals surface area (Å²) < 4.78 is 0. The maximum atomic E-state index is 12.4. The number of rotatable bonds is 6. The zero-order valence-corrected chi connectivity index (χ0v) is 12.2. The first-order valence-electron chi connectivity index (χ1n) is 8.14. The molecule has 2 aliphatic carbocycles. The summed E-state index contributed by atoms with van der Waals surface area (Å²) in [6.45, 7) is 0.841. The predicted octanol–water partition coefficient (Wildman–Crippen LogP) is 3.51. The fraction of sp³-hybridized carbons (Fsp3) is 0.750. The summed E-state index contributed by atoms with van der Waals surface area (Å²) in [5.41, 5.74) is 0. The molecule has 3 rings (SSSR count). The highest BCUT2D eigenvalue weighted by atomic mass is 16.2. The Labute approximate surface area is 121 Å². The third-order valence-electron chi connectivity index (χ3n) is 4.69. The van der Waals surface area contributed by atoms with E-state index in [0.717, 1.165) is 37.5 Å². The fourth-order valence-corrected chi connectivity index (χ4v) is 3.31. The van der Waals surface area contributed by atoms with Gasteiger partial charge in [-0.15, -0.1) is 0 Å². The molecule has 1 amide bonds. The van der Waals surface area contributed by atoms with Crippen molar-refractivity contribution in [3.8, 4) is 0 Å². The Balaban J connectivity index is 1.52. The number of nitrogens with one attached hydrogen (secondary N) is 1. The normalized spacial score (nSPS) is 20.0. The summed E-state index contributed by atoms with van der Waals surface area (Å²) in [6.07, 6.45) is 14.9. The van der Waals surface area contributed by atoms with E-state index in [0.29, 0.717) is 0 Å². The molecule has 0 unspecified atom stereocenters. The quantitative estimate of drug-likeness (QED) is 0.863. The van der Waals surface area contributed by atoms with Crippen molar-refractivity contribution >= 4 is 11.7 Å².